The predicted molar refractivity (Wildman–Crippen MR) is 81.6 cm³/mol. The Balaban J connectivity index is 2.15. The third-order valence-electron chi connectivity index (χ3n) is 3.28. The Morgan fingerprint density at radius 1 is 1.16 bits per heavy atom. The molecule has 0 fully saturated rings. The summed E-state index contributed by atoms with van der Waals surface area (Å²) in [6, 6.07) is 15.3. The first-order chi connectivity index (χ1) is 9.40. The maximum Gasteiger partial charge on any atom is 0.0794 e. The van der Waals surface area contributed by atoms with Crippen LogP contribution in [-0.4, -0.2) is 11.5 Å². The molecule has 0 aliphatic rings. The molecule has 3 aromatic rings. The first kappa shape index (κ1) is 12.3. The van der Waals surface area contributed by atoms with Crippen LogP contribution in [0.3, 0.4) is 0 Å². The molecule has 0 aliphatic carbocycles. The number of fused-ring (bicyclic) bond motifs is 1. The quantitative estimate of drug-likeness (QED) is 0.773. The van der Waals surface area contributed by atoms with E-state index in [4.69, 9.17) is 0 Å². The molecule has 0 spiro atoms. The van der Waals surface area contributed by atoms with E-state index in [0.29, 0.717) is 0 Å². The Kier molecular flexibility index (Phi) is 3.58. The second-order valence-electron chi connectivity index (χ2n) is 4.46. The Morgan fingerprint density at radius 3 is 2.79 bits per heavy atom. The third-order valence-corrected chi connectivity index (χ3v) is 4.12. The van der Waals surface area contributed by atoms with E-state index in [9.17, 15) is 0 Å². The van der Waals surface area contributed by atoms with Gasteiger partial charge in [0.25, 0.3) is 0 Å². The van der Waals surface area contributed by atoms with Crippen LogP contribution in [0, 0.1) is 0 Å². The summed E-state index contributed by atoms with van der Waals surface area (Å²) in [4.78, 5) is 5.47. The minimum Gasteiger partial charge on any atom is -0.306 e. The van der Waals surface area contributed by atoms with Gasteiger partial charge in [0.05, 0.1) is 11.6 Å². The minimum absolute atomic E-state index is 0.226. The van der Waals surface area contributed by atoms with Crippen molar-refractivity contribution in [2.45, 2.75) is 13.0 Å². The zero-order valence-electron chi connectivity index (χ0n) is 10.8. The highest BCUT2D eigenvalue weighted by Crippen LogP contribution is 2.30. The fourth-order valence-corrected chi connectivity index (χ4v) is 3.15. The molecule has 2 aromatic carbocycles. The maximum atomic E-state index is 4.21. The predicted octanol–water partition coefficient (Wildman–Crippen LogP) is 4.00. The van der Waals surface area contributed by atoms with Gasteiger partial charge in [-0.2, -0.15) is 0 Å². The van der Waals surface area contributed by atoms with Crippen LogP contribution in [0.5, 0.6) is 0 Å². The van der Waals surface area contributed by atoms with Gasteiger partial charge in [0, 0.05) is 11.1 Å². The largest absolute Gasteiger partial charge is 0.306 e. The zero-order chi connectivity index (χ0) is 13.1. The lowest BCUT2D eigenvalue weighted by Crippen LogP contribution is -2.21. The average molecular weight is 268 g/mol. The van der Waals surface area contributed by atoms with E-state index in [1.165, 1.54) is 21.2 Å². The Morgan fingerprint density at radius 2 is 2.00 bits per heavy atom. The van der Waals surface area contributed by atoms with Crippen molar-refractivity contribution in [2.75, 3.05) is 6.54 Å². The van der Waals surface area contributed by atoms with Crippen molar-refractivity contribution in [3.8, 4) is 0 Å². The van der Waals surface area contributed by atoms with Gasteiger partial charge in [0.1, 0.15) is 0 Å². The molecule has 0 aliphatic heterocycles. The van der Waals surface area contributed by atoms with E-state index < -0.39 is 0 Å². The van der Waals surface area contributed by atoms with Crippen molar-refractivity contribution in [1.29, 1.82) is 0 Å². The van der Waals surface area contributed by atoms with Crippen molar-refractivity contribution in [1.82, 2.24) is 10.3 Å². The first-order valence-corrected chi connectivity index (χ1v) is 7.37. The molecule has 3 rings (SSSR count). The number of aromatic nitrogens is 1. The minimum atomic E-state index is 0.226. The summed E-state index contributed by atoms with van der Waals surface area (Å²) >= 11 is 1.70. The fraction of sp³-hybridized carbons (Fsp3) is 0.188. The van der Waals surface area contributed by atoms with Gasteiger partial charge in [-0.1, -0.05) is 49.4 Å². The first-order valence-electron chi connectivity index (χ1n) is 6.49. The molecule has 1 atom stereocenters. The van der Waals surface area contributed by atoms with Crippen LogP contribution in [0.25, 0.3) is 10.8 Å². The summed E-state index contributed by atoms with van der Waals surface area (Å²) in [6.07, 6.45) is 1.96. The summed E-state index contributed by atoms with van der Waals surface area (Å²) in [6.45, 7) is 3.07. The van der Waals surface area contributed by atoms with Gasteiger partial charge in [-0.15, -0.1) is 11.3 Å². The van der Waals surface area contributed by atoms with Gasteiger partial charge >= 0.3 is 0 Å². The molecule has 1 aromatic heterocycles. The summed E-state index contributed by atoms with van der Waals surface area (Å²) in [5.41, 5.74) is 3.22. The van der Waals surface area contributed by atoms with Crippen molar-refractivity contribution in [2.24, 2.45) is 0 Å². The van der Waals surface area contributed by atoms with Gasteiger partial charge in [-0.25, -0.2) is 0 Å². The molecule has 0 amide bonds. The summed E-state index contributed by atoms with van der Waals surface area (Å²) in [5, 5.41) is 6.16. The monoisotopic (exact) mass is 268 g/mol. The van der Waals surface area contributed by atoms with Gasteiger partial charge < -0.3 is 5.32 Å². The summed E-state index contributed by atoms with van der Waals surface area (Å²) in [7, 11) is 0. The number of hydrogen-bond donors (Lipinski definition) is 1. The van der Waals surface area contributed by atoms with E-state index >= 15 is 0 Å². The molecule has 0 bridgehead atoms. The lowest BCUT2D eigenvalue weighted by molar-refractivity contribution is 0.642. The topological polar surface area (TPSA) is 24.9 Å². The molecule has 1 heterocycles. The van der Waals surface area contributed by atoms with Crippen LogP contribution in [0.4, 0.5) is 0 Å². The van der Waals surface area contributed by atoms with Crippen molar-refractivity contribution in [3.63, 3.8) is 0 Å². The molecule has 0 radical (unpaired) electrons. The molecule has 2 nitrogen and oxygen atoms in total. The van der Waals surface area contributed by atoms with Crippen LogP contribution in [-0.2, 0) is 0 Å². The van der Waals surface area contributed by atoms with Crippen LogP contribution in [0.2, 0.25) is 0 Å². The molecular formula is C16H16N2S. The number of nitrogens with one attached hydrogen (secondary N) is 1. The second kappa shape index (κ2) is 5.51. The van der Waals surface area contributed by atoms with Gasteiger partial charge in [0.2, 0.25) is 0 Å². The number of thiazole rings is 1. The number of rotatable bonds is 4. The number of hydrogen-bond acceptors (Lipinski definition) is 3. The van der Waals surface area contributed by atoms with Gasteiger partial charge in [-0.05, 0) is 22.9 Å². The molecule has 0 saturated heterocycles. The van der Waals surface area contributed by atoms with E-state index in [0.717, 1.165) is 6.54 Å². The second-order valence-corrected chi connectivity index (χ2v) is 5.38. The molecule has 96 valence electrons. The summed E-state index contributed by atoms with van der Waals surface area (Å²) in [5.74, 6) is 0. The highest BCUT2D eigenvalue weighted by atomic mass is 32.1. The van der Waals surface area contributed by atoms with E-state index in [1.807, 2.05) is 11.7 Å². The molecule has 1 unspecified atom stereocenters. The standard InChI is InChI=1S/C16H16N2S/c1-2-18-16(15-10-17-11-19-15)14-9-5-7-12-6-3-4-8-13(12)14/h3-11,16,18H,2H2,1H3. The molecule has 1 N–H and O–H groups in total. The average Bonchev–Trinajstić information content (AvgIpc) is 2.98. The van der Waals surface area contributed by atoms with E-state index in [2.05, 4.69) is 59.7 Å². The zero-order valence-corrected chi connectivity index (χ0v) is 11.7. The van der Waals surface area contributed by atoms with Crippen LogP contribution in [0.1, 0.15) is 23.4 Å². The van der Waals surface area contributed by atoms with Crippen LogP contribution < -0.4 is 5.32 Å². The highest BCUT2D eigenvalue weighted by molar-refractivity contribution is 7.09. The Bertz CT molecular complexity index is 656. The fourth-order valence-electron chi connectivity index (χ4n) is 2.44. The SMILES string of the molecule is CCNC(c1cncs1)c1cccc2ccccc12. The number of benzene rings is 2. The van der Waals surface area contributed by atoms with E-state index in [-0.39, 0.29) is 6.04 Å². The lowest BCUT2D eigenvalue weighted by atomic mass is 9.98. The molecule has 19 heavy (non-hydrogen) atoms. The normalized spacial score (nSPS) is 12.7. The van der Waals surface area contributed by atoms with Crippen LogP contribution in [0.15, 0.2) is 54.2 Å². The van der Waals surface area contributed by atoms with Gasteiger partial charge in [0.15, 0.2) is 0 Å². The maximum absolute atomic E-state index is 4.21. The lowest BCUT2D eigenvalue weighted by Gasteiger charge is -2.18. The number of nitrogens with zero attached hydrogens (tertiary/aromatic N) is 1. The highest BCUT2D eigenvalue weighted by Gasteiger charge is 2.16. The van der Waals surface area contributed by atoms with Crippen molar-refractivity contribution >= 4 is 22.1 Å². The van der Waals surface area contributed by atoms with Crippen molar-refractivity contribution in [3.05, 3.63) is 64.6 Å². The molecule has 3 heteroatoms. The summed E-state index contributed by atoms with van der Waals surface area (Å²) < 4.78 is 0. The molecule has 0 saturated carbocycles. The van der Waals surface area contributed by atoms with Gasteiger partial charge in [-0.3, -0.25) is 4.98 Å². The van der Waals surface area contributed by atoms with E-state index in [1.54, 1.807) is 11.3 Å². The van der Waals surface area contributed by atoms with Crippen LogP contribution >= 0.6 is 11.3 Å². The van der Waals surface area contributed by atoms with Crippen molar-refractivity contribution < 1.29 is 0 Å². The Labute approximate surface area is 117 Å². The smallest absolute Gasteiger partial charge is 0.0794 e. The molecular weight excluding hydrogens is 252 g/mol. The third kappa shape index (κ3) is 2.39. The Hall–Kier alpha value is -1.71.